The first-order chi connectivity index (χ1) is 6.77. The molecule has 0 spiro atoms. The third kappa shape index (κ3) is 3.18. The summed E-state index contributed by atoms with van der Waals surface area (Å²) in [5, 5.41) is 3.78. The number of ether oxygens (including phenoxy) is 1. The monoisotopic (exact) mass is 214 g/mol. The standard InChI is InChI=1S/C10H15ClN2O/c1-14-10-3-2-9(11)6-8(10)4-5-13-7-12/h2-3,6,13H,4-5,7,12H2,1H3. The molecule has 14 heavy (non-hydrogen) atoms. The van der Waals surface area contributed by atoms with Crippen LogP contribution < -0.4 is 15.8 Å². The lowest BCUT2D eigenvalue weighted by molar-refractivity contribution is 0.409. The van der Waals surface area contributed by atoms with Crippen LogP contribution in [-0.2, 0) is 6.42 Å². The van der Waals surface area contributed by atoms with Crippen molar-refractivity contribution in [2.45, 2.75) is 6.42 Å². The Bertz CT molecular complexity index is 291. The highest BCUT2D eigenvalue weighted by atomic mass is 35.5. The summed E-state index contributed by atoms with van der Waals surface area (Å²) in [6.07, 6.45) is 0.862. The molecular weight excluding hydrogens is 200 g/mol. The van der Waals surface area contributed by atoms with Crippen molar-refractivity contribution in [2.75, 3.05) is 20.3 Å². The van der Waals surface area contributed by atoms with Crippen LogP contribution in [-0.4, -0.2) is 20.3 Å². The third-order valence-electron chi connectivity index (χ3n) is 1.96. The van der Waals surface area contributed by atoms with Crippen molar-refractivity contribution in [1.29, 1.82) is 0 Å². The summed E-state index contributed by atoms with van der Waals surface area (Å²) in [4.78, 5) is 0. The lowest BCUT2D eigenvalue weighted by atomic mass is 10.1. The first kappa shape index (κ1) is 11.3. The second kappa shape index (κ2) is 5.86. The minimum Gasteiger partial charge on any atom is -0.496 e. The minimum atomic E-state index is 0.489. The maximum Gasteiger partial charge on any atom is 0.122 e. The lowest BCUT2D eigenvalue weighted by Gasteiger charge is -2.08. The van der Waals surface area contributed by atoms with E-state index < -0.39 is 0 Å². The highest BCUT2D eigenvalue weighted by molar-refractivity contribution is 6.30. The largest absolute Gasteiger partial charge is 0.496 e. The first-order valence-electron chi connectivity index (χ1n) is 4.51. The van der Waals surface area contributed by atoms with Gasteiger partial charge < -0.3 is 15.8 Å². The van der Waals surface area contributed by atoms with Crippen molar-refractivity contribution in [3.05, 3.63) is 28.8 Å². The summed E-state index contributed by atoms with van der Waals surface area (Å²) in [6.45, 7) is 1.32. The molecule has 0 aromatic heterocycles. The molecule has 0 aliphatic heterocycles. The zero-order chi connectivity index (χ0) is 10.4. The molecule has 0 atom stereocenters. The number of methoxy groups -OCH3 is 1. The molecule has 1 aromatic carbocycles. The Balaban J connectivity index is 2.67. The summed E-state index contributed by atoms with van der Waals surface area (Å²) in [6, 6.07) is 5.61. The van der Waals surface area contributed by atoms with Gasteiger partial charge in [0.15, 0.2) is 0 Å². The summed E-state index contributed by atoms with van der Waals surface area (Å²) < 4.78 is 5.21. The van der Waals surface area contributed by atoms with Gasteiger partial charge in [0.1, 0.15) is 5.75 Å². The number of benzene rings is 1. The first-order valence-corrected chi connectivity index (χ1v) is 4.89. The molecule has 1 aromatic rings. The van der Waals surface area contributed by atoms with Crippen LogP contribution >= 0.6 is 11.6 Å². The second-order valence-corrected chi connectivity index (χ2v) is 3.35. The fraction of sp³-hybridized carbons (Fsp3) is 0.400. The van der Waals surface area contributed by atoms with E-state index in [2.05, 4.69) is 5.32 Å². The number of nitrogens with two attached hydrogens (primary N) is 1. The van der Waals surface area contributed by atoms with Crippen LogP contribution in [0.15, 0.2) is 18.2 Å². The molecule has 0 fully saturated rings. The van der Waals surface area contributed by atoms with E-state index in [0.717, 1.165) is 29.3 Å². The molecule has 1 rings (SSSR count). The quantitative estimate of drug-likeness (QED) is 0.576. The fourth-order valence-electron chi connectivity index (χ4n) is 1.27. The van der Waals surface area contributed by atoms with Gasteiger partial charge in [0.05, 0.1) is 7.11 Å². The van der Waals surface area contributed by atoms with Crippen LogP contribution in [0.2, 0.25) is 5.02 Å². The van der Waals surface area contributed by atoms with E-state index in [1.54, 1.807) is 7.11 Å². The molecule has 0 radical (unpaired) electrons. The van der Waals surface area contributed by atoms with E-state index in [-0.39, 0.29) is 0 Å². The Labute approximate surface area is 89.2 Å². The number of hydrogen-bond donors (Lipinski definition) is 2. The number of halogens is 1. The van der Waals surface area contributed by atoms with Crippen molar-refractivity contribution in [3.63, 3.8) is 0 Å². The zero-order valence-electron chi connectivity index (χ0n) is 8.22. The Hall–Kier alpha value is -0.770. The molecule has 0 bridgehead atoms. The normalized spacial score (nSPS) is 10.2. The van der Waals surface area contributed by atoms with Gasteiger partial charge in [0.25, 0.3) is 0 Å². The Morgan fingerprint density at radius 2 is 2.29 bits per heavy atom. The summed E-state index contributed by atoms with van der Waals surface area (Å²) in [5.74, 6) is 0.869. The van der Waals surface area contributed by atoms with E-state index in [4.69, 9.17) is 22.1 Å². The van der Waals surface area contributed by atoms with Gasteiger partial charge in [-0.15, -0.1) is 0 Å². The smallest absolute Gasteiger partial charge is 0.122 e. The van der Waals surface area contributed by atoms with Gasteiger partial charge >= 0.3 is 0 Å². The van der Waals surface area contributed by atoms with E-state index in [1.165, 1.54) is 0 Å². The molecular formula is C10H15ClN2O. The van der Waals surface area contributed by atoms with Crippen LogP contribution in [0.1, 0.15) is 5.56 Å². The van der Waals surface area contributed by atoms with Gasteiger partial charge in [-0.25, -0.2) is 0 Å². The predicted octanol–water partition coefficient (Wildman–Crippen LogP) is 1.40. The minimum absolute atomic E-state index is 0.489. The zero-order valence-corrected chi connectivity index (χ0v) is 8.97. The van der Waals surface area contributed by atoms with Gasteiger partial charge in [-0.05, 0) is 30.2 Å². The van der Waals surface area contributed by atoms with Crippen LogP contribution in [0.4, 0.5) is 0 Å². The highest BCUT2D eigenvalue weighted by Crippen LogP contribution is 2.22. The molecule has 0 aliphatic carbocycles. The molecule has 3 nitrogen and oxygen atoms in total. The second-order valence-electron chi connectivity index (χ2n) is 2.91. The highest BCUT2D eigenvalue weighted by Gasteiger charge is 2.02. The van der Waals surface area contributed by atoms with E-state index in [0.29, 0.717) is 6.67 Å². The van der Waals surface area contributed by atoms with Gasteiger partial charge in [-0.3, -0.25) is 0 Å². The molecule has 3 N–H and O–H groups in total. The lowest BCUT2D eigenvalue weighted by Crippen LogP contribution is -2.24. The van der Waals surface area contributed by atoms with Crippen LogP contribution in [0.25, 0.3) is 0 Å². The maximum atomic E-state index is 5.89. The van der Waals surface area contributed by atoms with Gasteiger partial charge in [-0.1, -0.05) is 11.6 Å². The van der Waals surface area contributed by atoms with Gasteiger partial charge in [-0.2, -0.15) is 0 Å². The van der Waals surface area contributed by atoms with Crippen molar-refractivity contribution in [2.24, 2.45) is 5.73 Å². The summed E-state index contributed by atoms with van der Waals surface area (Å²) >= 11 is 5.89. The molecule has 0 unspecified atom stereocenters. The molecule has 0 heterocycles. The van der Waals surface area contributed by atoms with Gasteiger partial charge in [0, 0.05) is 18.2 Å². The molecule has 0 amide bonds. The Kier molecular flexibility index (Phi) is 4.73. The van der Waals surface area contributed by atoms with Crippen molar-refractivity contribution in [1.82, 2.24) is 5.32 Å². The molecule has 4 heteroatoms. The Morgan fingerprint density at radius 1 is 1.50 bits per heavy atom. The van der Waals surface area contributed by atoms with E-state index >= 15 is 0 Å². The number of rotatable bonds is 5. The van der Waals surface area contributed by atoms with Gasteiger partial charge in [0.2, 0.25) is 0 Å². The van der Waals surface area contributed by atoms with Crippen LogP contribution in [0, 0.1) is 0 Å². The SMILES string of the molecule is COc1ccc(Cl)cc1CCNCN. The van der Waals surface area contributed by atoms with Crippen molar-refractivity contribution >= 4 is 11.6 Å². The topological polar surface area (TPSA) is 47.3 Å². The Morgan fingerprint density at radius 3 is 2.93 bits per heavy atom. The molecule has 0 saturated carbocycles. The summed E-state index contributed by atoms with van der Waals surface area (Å²) in [7, 11) is 1.66. The van der Waals surface area contributed by atoms with Crippen molar-refractivity contribution < 1.29 is 4.74 Å². The summed E-state index contributed by atoms with van der Waals surface area (Å²) in [5.41, 5.74) is 6.42. The van der Waals surface area contributed by atoms with E-state index in [9.17, 15) is 0 Å². The van der Waals surface area contributed by atoms with E-state index in [1.807, 2.05) is 18.2 Å². The van der Waals surface area contributed by atoms with Crippen LogP contribution in [0.5, 0.6) is 5.75 Å². The van der Waals surface area contributed by atoms with Crippen LogP contribution in [0.3, 0.4) is 0 Å². The average Bonchev–Trinajstić information content (AvgIpc) is 2.19. The number of hydrogen-bond acceptors (Lipinski definition) is 3. The predicted molar refractivity (Wildman–Crippen MR) is 58.8 cm³/mol. The average molecular weight is 215 g/mol. The number of nitrogens with one attached hydrogen (secondary N) is 1. The maximum absolute atomic E-state index is 5.89. The molecule has 0 saturated heterocycles. The molecule has 0 aliphatic rings. The fourth-order valence-corrected chi connectivity index (χ4v) is 1.46. The molecule has 78 valence electrons. The van der Waals surface area contributed by atoms with Crippen molar-refractivity contribution in [3.8, 4) is 5.75 Å². The third-order valence-corrected chi connectivity index (χ3v) is 2.19.